The molecule has 0 bridgehead atoms. The Balaban J connectivity index is 2.44. The van der Waals surface area contributed by atoms with Gasteiger partial charge in [-0.15, -0.1) is 0 Å². The lowest BCUT2D eigenvalue weighted by molar-refractivity contribution is 0.0926. The molecule has 0 saturated heterocycles. The summed E-state index contributed by atoms with van der Waals surface area (Å²) in [5, 5.41) is 0. The van der Waals surface area contributed by atoms with Gasteiger partial charge in [-0.1, -0.05) is 20.8 Å². The summed E-state index contributed by atoms with van der Waals surface area (Å²) in [6, 6.07) is 0. The SMILES string of the molecule is CCS(=O)(=O)OC1CCC(C(C)(C)C)CC1. The molecular formula is C12H24O3S. The predicted molar refractivity (Wildman–Crippen MR) is 65.7 cm³/mol. The van der Waals surface area contributed by atoms with E-state index in [9.17, 15) is 8.42 Å². The van der Waals surface area contributed by atoms with Crippen LogP contribution in [0.15, 0.2) is 0 Å². The molecule has 0 aromatic heterocycles. The lowest BCUT2D eigenvalue weighted by atomic mass is 9.72. The summed E-state index contributed by atoms with van der Waals surface area (Å²) >= 11 is 0. The van der Waals surface area contributed by atoms with Gasteiger partial charge in [-0.25, -0.2) is 0 Å². The highest BCUT2D eigenvalue weighted by Gasteiger charge is 2.31. The number of hydrogen-bond acceptors (Lipinski definition) is 3. The van der Waals surface area contributed by atoms with Gasteiger partial charge in [-0.2, -0.15) is 8.42 Å². The van der Waals surface area contributed by atoms with Crippen molar-refractivity contribution in [3.05, 3.63) is 0 Å². The normalized spacial score (nSPS) is 28.0. The van der Waals surface area contributed by atoms with Crippen molar-refractivity contribution in [1.82, 2.24) is 0 Å². The summed E-state index contributed by atoms with van der Waals surface area (Å²) in [7, 11) is -3.27. The molecule has 0 atom stereocenters. The largest absolute Gasteiger partial charge is 0.267 e. The van der Waals surface area contributed by atoms with Crippen molar-refractivity contribution in [2.75, 3.05) is 5.75 Å². The van der Waals surface area contributed by atoms with Gasteiger partial charge >= 0.3 is 0 Å². The molecule has 0 N–H and O–H groups in total. The molecule has 1 saturated carbocycles. The van der Waals surface area contributed by atoms with Crippen molar-refractivity contribution in [2.45, 2.75) is 59.5 Å². The lowest BCUT2D eigenvalue weighted by Crippen LogP contribution is -2.30. The van der Waals surface area contributed by atoms with Crippen molar-refractivity contribution in [2.24, 2.45) is 11.3 Å². The van der Waals surface area contributed by atoms with Crippen LogP contribution >= 0.6 is 0 Å². The second-order valence-electron chi connectivity index (χ2n) is 5.78. The van der Waals surface area contributed by atoms with Gasteiger partial charge in [0.05, 0.1) is 11.9 Å². The second-order valence-corrected chi connectivity index (χ2v) is 7.67. The Labute approximate surface area is 99.7 Å². The Morgan fingerprint density at radius 3 is 2.00 bits per heavy atom. The third kappa shape index (κ3) is 4.06. The lowest BCUT2D eigenvalue weighted by Gasteiger charge is -2.36. The van der Waals surface area contributed by atoms with Crippen LogP contribution in [-0.4, -0.2) is 20.3 Å². The third-order valence-corrected chi connectivity index (χ3v) is 4.81. The van der Waals surface area contributed by atoms with E-state index in [1.807, 2.05) is 0 Å². The minimum absolute atomic E-state index is 0.0756. The van der Waals surface area contributed by atoms with Crippen molar-refractivity contribution in [1.29, 1.82) is 0 Å². The van der Waals surface area contributed by atoms with E-state index in [1.165, 1.54) is 0 Å². The fourth-order valence-corrected chi connectivity index (χ4v) is 3.04. The van der Waals surface area contributed by atoms with E-state index in [4.69, 9.17) is 4.18 Å². The molecule has 1 fully saturated rings. The van der Waals surface area contributed by atoms with E-state index in [0.29, 0.717) is 11.3 Å². The zero-order chi connectivity index (χ0) is 12.4. The van der Waals surface area contributed by atoms with Gasteiger partial charge in [0.25, 0.3) is 10.1 Å². The standard InChI is InChI=1S/C12H24O3S/c1-5-16(13,14)15-11-8-6-10(7-9-11)12(2,3)4/h10-11H,5-9H2,1-4H3. The monoisotopic (exact) mass is 248 g/mol. The first kappa shape index (κ1) is 14.0. The average Bonchev–Trinajstić information content (AvgIpc) is 2.16. The number of hydrogen-bond donors (Lipinski definition) is 0. The van der Waals surface area contributed by atoms with Crippen LogP contribution in [0.5, 0.6) is 0 Å². The van der Waals surface area contributed by atoms with Crippen molar-refractivity contribution in [3.8, 4) is 0 Å². The first-order chi connectivity index (χ1) is 7.24. The summed E-state index contributed by atoms with van der Waals surface area (Å²) in [5.41, 5.74) is 0.328. The molecule has 0 aliphatic heterocycles. The van der Waals surface area contributed by atoms with Crippen LogP contribution in [0.4, 0.5) is 0 Å². The summed E-state index contributed by atoms with van der Waals surface area (Å²) in [6.45, 7) is 8.38. The Hall–Kier alpha value is -0.0900. The van der Waals surface area contributed by atoms with Crippen molar-refractivity contribution in [3.63, 3.8) is 0 Å². The van der Waals surface area contributed by atoms with Crippen LogP contribution in [0, 0.1) is 11.3 Å². The van der Waals surface area contributed by atoms with Crippen LogP contribution in [0.2, 0.25) is 0 Å². The molecule has 0 heterocycles. The van der Waals surface area contributed by atoms with Gasteiger partial charge in [-0.3, -0.25) is 4.18 Å². The van der Waals surface area contributed by atoms with E-state index >= 15 is 0 Å². The van der Waals surface area contributed by atoms with Gasteiger partial charge in [-0.05, 0) is 43.9 Å². The van der Waals surface area contributed by atoms with Crippen LogP contribution < -0.4 is 0 Å². The van der Waals surface area contributed by atoms with E-state index in [1.54, 1.807) is 6.92 Å². The topological polar surface area (TPSA) is 43.4 Å². The summed E-state index contributed by atoms with van der Waals surface area (Å²) in [5.74, 6) is 0.767. The van der Waals surface area contributed by atoms with Gasteiger partial charge in [0, 0.05) is 0 Å². The van der Waals surface area contributed by atoms with Crippen molar-refractivity contribution < 1.29 is 12.6 Å². The Kier molecular flexibility index (Phi) is 4.41. The first-order valence-electron chi connectivity index (χ1n) is 6.15. The molecule has 3 nitrogen and oxygen atoms in total. The molecule has 1 aliphatic carbocycles. The van der Waals surface area contributed by atoms with Gasteiger partial charge in [0.1, 0.15) is 0 Å². The van der Waals surface area contributed by atoms with E-state index in [2.05, 4.69) is 20.8 Å². The molecule has 96 valence electrons. The minimum atomic E-state index is -3.27. The van der Waals surface area contributed by atoms with Gasteiger partial charge in [0.2, 0.25) is 0 Å². The highest BCUT2D eigenvalue weighted by atomic mass is 32.2. The fourth-order valence-electron chi connectivity index (χ4n) is 2.30. The van der Waals surface area contributed by atoms with Crippen LogP contribution in [0.25, 0.3) is 0 Å². The molecule has 0 radical (unpaired) electrons. The maximum atomic E-state index is 11.3. The zero-order valence-electron chi connectivity index (χ0n) is 10.8. The average molecular weight is 248 g/mol. The predicted octanol–water partition coefficient (Wildman–Crippen LogP) is 2.96. The minimum Gasteiger partial charge on any atom is -0.267 e. The maximum Gasteiger partial charge on any atom is 0.267 e. The number of rotatable bonds is 3. The molecule has 0 aromatic rings. The maximum absolute atomic E-state index is 11.3. The molecule has 4 heteroatoms. The molecule has 1 aliphatic rings. The van der Waals surface area contributed by atoms with E-state index in [0.717, 1.165) is 25.7 Å². The molecular weight excluding hydrogens is 224 g/mol. The molecule has 1 rings (SSSR count). The van der Waals surface area contributed by atoms with Crippen LogP contribution in [0.3, 0.4) is 0 Å². The summed E-state index contributed by atoms with van der Waals surface area (Å²) in [6.07, 6.45) is 3.83. The molecule has 16 heavy (non-hydrogen) atoms. The zero-order valence-corrected chi connectivity index (χ0v) is 11.6. The second kappa shape index (κ2) is 5.05. The molecule has 0 amide bonds. The highest BCUT2D eigenvalue weighted by molar-refractivity contribution is 7.86. The van der Waals surface area contributed by atoms with Gasteiger partial charge < -0.3 is 0 Å². The fraction of sp³-hybridized carbons (Fsp3) is 1.00. The van der Waals surface area contributed by atoms with Crippen LogP contribution in [0.1, 0.15) is 53.4 Å². The van der Waals surface area contributed by atoms with Gasteiger partial charge in [0.15, 0.2) is 0 Å². The Bertz CT molecular complexity index is 306. The summed E-state index contributed by atoms with van der Waals surface area (Å²) < 4.78 is 27.8. The quantitative estimate of drug-likeness (QED) is 0.721. The smallest absolute Gasteiger partial charge is 0.267 e. The van der Waals surface area contributed by atoms with Crippen LogP contribution in [-0.2, 0) is 14.3 Å². The van der Waals surface area contributed by atoms with Crippen molar-refractivity contribution >= 4 is 10.1 Å². The first-order valence-corrected chi connectivity index (χ1v) is 7.73. The molecule has 0 aromatic carbocycles. The van der Waals surface area contributed by atoms with E-state index in [-0.39, 0.29) is 11.9 Å². The molecule has 0 spiro atoms. The Morgan fingerprint density at radius 1 is 1.12 bits per heavy atom. The third-order valence-electron chi connectivity index (χ3n) is 3.54. The highest BCUT2D eigenvalue weighted by Crippen LogP contribution is 2.38. The van der Waals surface area contributed by atoms with E-state index < -0.39 is 10.1 Å². The molecule has 0 unspecified atom stereocenters. The Morgan fingerprint density at radius 2 is 1.62 bits per heavy atom. The summed E-state index contributed by atoms with van der Waals surface area (Å²) in [4.78, 5) is 0.